The van der Waals surface area contributed by atoms with Crippen molar-refractivity contribution in [2.75, 3.05) is 5.32 Å². The van der Waals surface area contributed by atoms with Gasteiger partial charge in [-0.2, -0.15) is 0 Å². The van der Waals surface area contributed by atoms with E-state index in [4.69, 9.17) is 4.42 Å². The quantitative estimate of drug-likeness (QED) is 0.332. The van der Waals surface area contributed by atoms with E-state index in [9.17, 15) is 0 Å². The summed E-state index contributed by atoms with van der Waals surface area (Å²) in [4.78, 5) is 0. The molecule has 0 bridgehead atoms. The van der Waals surface area contributed by atoms with Crippen molar-refractivity contribution in [1.82, 2.24) is 0 Å². The van der Waals surface area contributed by atoms with Gasteiger partial charge < -0.3 is 9.73 Å². The monoisotopic (exact) mass is 385 g/mol. The molecule has 0 amide bonds. The van der Waals surface area contributed by atoms with Gasteiger partial charge in [0.25, 0.3) is 0 Å². The van der Waals surface area contributed by atoms with Crippen molar-refractivity contribution in [3.63, 3.8) is 0 Å². The fourth-order valence-corrected chi connectivity index (χ4v) is 4.23. The number of benzene rings is 5. The van der Waals surface area contributed by atoms with Gasteiger partial charge in [-0.05, 0) is 52.7 Å². The lowest BCUT2D eigenvalue weighted by molar-refractivity contribution is 0.669. The molecule has 0 saturated carbocycles. The first-order chi connectivity index (χ1) is 14.9. The smallest absolute Gasteiger partial charge is 0.136 e. The van der Waals surface area contributed by atoms with Crippen LogP contribution in [0.5, 0.6) is 0 Å². The molecule has 0 spiro atoms. The van der Waals surface area contributed by atoms with Gasteiger partial charge in [-0.15, -0.1) is 0 Å². The zero-order valence-electron chi connectivity index (χ0n) is 16.3. The van der Waals surface area contributed by atoms with Crippen LogP contribution in [-0.2, 0) is 0 Å². The number of furan rings is 1. The van der Waals surface area contributed by atoms with E-state index in [0.717, 1.165) is 39.1 Å². The second kappa shape index (κ2) is 6.78. The first-order valence-corrected chi connectivity index (χ1v) is 10.1. The highest BCUT2D eigenvalue weighted by Gasteiger charge is 2.12. The van der Waals surface area contributed by atoms with Crippen LogP contribution in [0.25, 0.3) is 43.8 Å². The van der Waals surface area contributed by atoms with Crippen molar-refractivity contribution >= 4 is 44.1 Å². The summed E-state index contributed by atoms with van der Waals surface area (Å²) in [5.41, 5.74) is 6.26. The normalized spacial score (nSPS) is 11.3. The Morgan fingerprint density at radius 3 is 2.30 bits per heavy atom. The summed E-state index contributed by atoms with van der Waals surface area (Å²) in [7, 11) is 0. The van der Waals surface area contributed by atoms with E-state index < -0.39 is 0 Å². The molecule has 0 aliphatic heterocycles. The summed E-state index contributed by atoms with van der Waals surface area (Å²) in [6.45, 7) is 0. The molecule has 5 aromatic carbocycles. The van der Waals surface area contributed by atoms with Crippen LogP contribution in [0.2, 0.25) is 0 Å². The fourth-order valence-electron chi connectivity index (χ4n) is 4.23. The van der Waals surface area contributed by atoms with E-state index in [1.807, 2.05) is 18.2 Å². The Morgan fingerprint density at radius 1 is 0.567 bits per heavy atom. The molecule has 2 nitrogen and oxygen atoms in total. The van der Waals surface area contributed by atoms with E-state index in [1.165, 1.54) is 16.2 Å². The molecular weight excluding hydrogens is 366 g/mol. The van der Waals surface area contributed by atoms with Crippen LogP contribution in [0.15, 0.2) is 114 Å². The minimum atomic E-state index is 0.911. The summed E-state index contributed by atoms with van der Waals surface area (Å²) in [5.74, 6) is 0. The van der Waals surface area contributed by atoms with E-state index >= 15 is 0 Å². The highest BCUT2D eigenvalue weighted by molar-refractivity contribution is 6.19. The molecule has 2 heteroatoms. The summed E-state index contributed by atoms with van der Waals surface area (Å²) >= 11 is 0. The molecule has 6 aromatic rings. The van der Waals surface area contributed by atoms with Gasteiger partial charge in [0.15, 0.2) is 0 Å². The number of anilines is 2. The van der Waals surface area contributed by atoms with E-state index in [2.05, 4.69) is 96.3 Å². The van der Waals surface area contributed by atoms with Gasteiger partial charge in [0, 0.05) is 27.7 Å². The third-order valence-corrected chi connectivity index (χ3v) is 5.65. The number of fused-ring (bicyclic) bond motifs is 5. The zero-order valence-corrected chi connectivity index (χ0v) is 16.3. The SMILES string of the molecule is c1ccc(Nc2ccccc2-c2ccc3c(c2)oc2ccc4ccccc4c23)cc1. The molecular formula is C28H19NO. The van der Waals surface area contributed by atoms with Crippen molar-refractivity contribution in [3.05, 3.63) is 109 Å². The summed E-state index contributed by atoms with van der Waals surface area (Å²) in [5, 5.41) is 8.34. The minimum Gasteiger partial charge on any atom is -0.456 e. The molecule has 0 aliphatic rings. The molecule has 6 rings (SSSR count). The van der Waals surface area contributed by atoms with Crippen LogP contribution in [0.1, 0.15) is 0 Å². The van der Waals surface area contributed by atoms with Crippen molar-refractivity contribution in [2.45, 2.75) is 0 Å². The Kier molecular flexibility index (Phi) is 3.82. The van der Waals surface area contributed by atoms with Crippen LogP contribution >= 0.6 is 0 Å². The Bertz CT molecular complexity index is 1510. The van der Waals surface area contributed by atoms with Gasteiger partial charge >= 0.3 is 0 Å². The highest BCUT2D eigenvalue weighted by atomic mass is 16.3. The second-order valence-electron chi connectivity index (χ2n) is 7.51. The molecule has 0 unspecified atom stereocenters. The van der Waals surface area contributed by atoms with Gasteiger partial charge in [0.1, 0.15) is 11.2 Å². The summed E-state index contributed by atoms with van der Waals surface area (Å²) < 4.78 is 6.26. The second-order valence-corrected chi connectivity index (χ2v) is 7.51. The molecule has 0 saturated heterocycles. The Labute approximate surface area is 174 Å². The maximum atomic E-state index is 6.26. The van der Waals surface area contributed by atoms with E-state index in [0.29, 0.717) is 0 Å². The molecule has 0 fully saturated rings. The molecule has 30 heavy (non-hydrogen) atoms. The van der Waals surface area contributed by atoms with Gasteiger partial charge in [-0.3, -0.25) is 0 Å². The topological polar surface area (TPSA) is 25.2 Å². The fraction of sp³-hybridized carbons (Fsp3) is 0. The maximum Gasteiger partial charge on any atom is 0.136 e. The Balaban J connectivity index is 1.51. The predicted molar refractivity (Wildman–Crippen MR) is 126 cm³/mol. The van der Waals surface area contributed by atoms with Crippen LogP contribution in [0, 0.1) is 0 Å². The van der Waals surface area contributed by atoms with Crippen molar-refractivity contribution in [2.24, 2.45) is 0 Å². The molecule has 1 heterocycles. The largest absolute Gasteiger partial charge is 0.456 e. The number of para-hydroxylation sites is 2. The lowest BCUT2D eigenvalue weighted by Gasteiger charge is -2.12. The predicted octanol–water partition coefficient (Wildman–Crippen LogP) is 8.15. The Morgan fingerprint density at radius 2 is 1.37 bits per heavy atom. The van der Waals surface area contributed by atoms with Gasteiger partial charge in [0.2, 0.25) is 0 Å². The first-order valence-electron chi connectivity index (χ1n) is 10.1. The van der Waals surface area contributed by atoms with Crippen molar-refractivity contribution in [3.8, 4) is 11.1 Å². The number of hydrogen-bond donors (Lipinski definition) is 1. The maximum absolute atomic E-state index is 6.26. The number of rotatable bonds is 3. The lowest BCUT2D eigenvalue weighted by Crippen LogP contribution is -1.92. The van der Waals surface area contributed by atoms with Crippen LogP contribution in [-0.4, -0.2) is 0 Å². The van der Waals surface area contributed by atoms with Crippen LogP contribution < -0.4 is 5.32 Å². The third kappa shape index (κ3) is 2.73. The van der Waals surface area contributed by atoms with Gasteiger partial charge in [0.05, 0.1) is 0 Å². The molecule has 0 radical (unpaired) electrons. The van der Waals surface area contributed by atoms with E-state index in [1.54, 1.807) is 0 Å². The molecule has 142 valence electrons. The minimum absolute atomic E-state index is 0.911. The van der Waals surface area contributed by atoms with Gasteiger partial charge in [-0.25, -0.2) is 0 Å². The lowest BCUT2D eigenvalue weighted by atomic mass is 10.00. The Hall–Kier alpha value is -4.04. The molecule has 0 atom stereocenters. The average molecular weight is 385 g/mol. The van der Waals surface area contributed by atoms with Crippen LogP contribution in [0.4, 0.5) is 11.4 Å². The molecule has 1 N–H and O–H groups in total. The zero-order chi connectivity index (χ0) is 19.9. The number of hydrogen-bond acceptors (Lipinski definition) is 2. The third-order valence-electron chi connectivity index (χ3n) is 5.65. The molecule has 1 aromatic heterocycles. The highest BCUT2D eigenvalue weighted by Crippen LogP contribution is 2.38. The van der Waals surface area contributed by atoms with Crippen molar-refractivity contribution < 1.29 is 4.42 Å². The van der Waals surface area contributed by atoms with Gasteiger partial charge in [-0.1, -0.05) is 72.8 Å². The van der Waals surface area contributed by atoms with Crippen molar-refractivity contribution in [1.29, 1.82) is 0 Å². The number of nitrogens with one attached hydrogen (secondary N) is 1. The first kappa shape index (κ1) is 16.9. The summed E-state index contributed by atoms with van der Waals surface area (Å²) in [6.07, 6.45) is 0. The molecule has 0 aliphatic carbocycles. The van der Waals surface area contributed by atoms with Crippen LogP contribution in [0.3, 0.4) is 0 Å². The standard InChI is InChI=1S/C28H19NO/c1-2-9-21(10-3-1)29-25-13-7-6-11-22(25)20-14-16-24-27(18-20)30-26-17-15-19-8-4-5-12-23(19)28(24)26/h1-18,29H. The average Bonchev–Trinajstić information content (AvgIpc) is 3.18. The summed E-state index contributed by atoms with van der Waals surface area (Å²) in [6, 6.07) is 37.8. The van der Waals surface area contributed by atoms with E-state index in [-0.39, 0.29) is 0 Å².